The molecule has 0 atom stereocenters. The van der Waals surface area contributed by atoms with Crippen LogP contribution in [0.5, 0.6) is 0 Å². The van der Waals surface area contributed by atoms with Crippen LogP contribution < -0.4 is 5.73 Å². The minimum atomic E-state index is -4.31. The van der Waals surface area contributed by atoms with E-state index >= 15 is 0 Å². The zero-order chi connectivity index (χ0) is 14.2. The molecule has 1 aromatic carbocycles. The Morgan fingerprint density at radius 2 is 2.05 bits per heavy atom. The van der Waals surface area contributed by atoms with E-state index in [1.165, 1.54) is 10.6 Å². The van der Waals surface area contributed by atoms with Crippen molar-refractivity contribution in [2.24, 2.45) is 0 Å². The third-order valence-electron chi connectivity index (χ3n) is 2.40. The van der Waals surface area contributed by atoms with Gasteiger partial charge in [-0.05, 0) is 17.8 Å². The molecule has 0 unspecified atom stereocenters. The zero-order valence-electron chi connectivity index (χ0n) is 9.34. The number of rotatable bonds is 3. The van der Waals surface area contributed by atoms with E-state index in [0.717, 1.165) is 6.07 Å². The SMILES string of the molecule is Nc1nc2cc(Cl)c(F)cc2n1CCSC(F)(F)F. The topological polar surface area (TPSA) is 43.8 Å². The molecule has 2 N–H and O–H groups in total. The predicted octanol–water partition coefficient (Wildman–Crippen LogP) is 3.66. The molecule has 0 saturated heterocycles. The van der Waals surface area contributed by atoms with Crippen LogP contribution in [0.1, 0.15) is 0 Å². The van der Waals surface area contributed by atoms with Crippen molar-refractivity contribution in [2.75, 3.05) is 11.5 Å². The summed E-state index contributed by atoms with van der Waals surface area (Å²) in [6.45, 7) is -0.0203. The standard InChI is InChI=1S/C10H8ClF4N3S/c11-5-3-7-8(4-6(5)12)18(9(16)17-7)1-2-19-10(13,14)15/h3-4H,1-2H2,(H2,16,17). The van der Waals surface area contributed by atoms with E-state index in [1.807, 2.05) is 0 Å². The van der Waals surface area contributed by atoms with Gasteiger partial charge in [-0.2, -0.15) is 13.2 Å². The number of nitrogens with two attached hydrogens (primary N) is 1. The molecule has 2 rings (SSSR count). The molecular formula is C10H8ClF4N3S. The Morgan fingerprint density at radius 1 is 1.37 bits per heavy atom. The number of anilines is 1. The Hall–Kier alpha value is -1.15. The summed E-state index contributed by atoms with van der Waals surface area (Å²) in [5, 5.41) is -0.109. The van der Waals surface area contributed by atoms with Crippen molar-refractivity contribution in [1.82, 2.24) is 9.55 Å². The largest absolute Gasteiger partial charge is 0.441 e. The van der Waals surface area contributed by atoms with Gasteiger partial charge in [0.25, 0.3) is 0 Å². The van der Waals surface area contributed by atoms with Gasteiger partial charge in [0.15, 0.2) is 0 Å². The predicted molar refractivity (Wildman–Crippen MR) is 67.6 cm³/mol. The van der Waals surface area contributed by atoms with Crippen LogP contribution in [0.2, 0.25) is 5.02 Å². The van der Waals surface area contributed by atoms with Gasteiger partial charge in [-0.25, -0.2) is 9.37 Å². The molecule has 0 bridgehead atoms. The van der Waals surface area contributed by atoms with E-state index in [9.17, 15) is 17.6 Å². The normalized spacial score (nSPS) is 12.3. The fourth-order valence-electron chi connectivity index (χ4n) is 1.63. The Morgan fingerprint density at radius 3 is 2.68 bits per heavy atom. The fraction of sp³-hybridized carbons (Fsp3) is 0.300. The Balaban J connectivity index is 2.27. The summed E-state index contributed by atoms with van der Waals surface area (Å²) in [6, 6.07) is 2.40. The quantitative estimate of drug-likeness (QED) is 0.879. The van der Waals surface area contributed by atoms with Crippen LogP contribution in [0, 0.1) is 5.82 Å². The number of halogens is 5. The number of alkyl halides is 3. The van der Waals surface area contributed by atoms with Crippen molar-refractivity contribution < 1.29 is 17.6 Å². The van der Waals surface area contributed by atoms with Gasteiger partial charge in [-0.15, -0.1) is 0 Å². The number of imidazole rings is 1. The highest BCUT2D eigenvalue weighted by Gasteiger charge is 2.27. The Labute approximate surface area is 114 Å². The maximum absolute atomic E-state index is 13.4. The smallest absolute Gasteiger partial charge is 0.369 e. The molecule has 0 aliphatic carbocycles. The highest BCUT2D eigenvalue weighted by Crippen LogP contribution is 2.31. The van der Waals surface area contributed by atoms with E-state index in [0.29, 0.717) is 11.0 Å². The number of nitrogens with zero attached hydrogens (tertiary/aromatic N) is 2. The van der Waals surface area contributed by atoms with Crippen LogP contribution in [-0.2, 0) is 6.54 Å². The van der Waals surface area contributed by atoms with Crippen LogP contribution in [0.3, 0.4) is 0 Å². The molecule has 1 aromatic heterocycles. The maximum Gasteiger partial charge on any atom is 0.441 e. The molecule has 9 heteroatoms. The van der Waals surface area contributed by atoms with Gasteiger partial charge in [-0.3, -0.25) is 0 Å². The zero-order valence-corrected chi connectivity index (χ0v) is 10.9. The average molecular weight is 314 g/mol. The van der Waals surface area contributed by atoms with E-state index in [-0.39, 0.29) is 35.0 Å². The molecular weight excluding hydrogens is 306 g/mol. The van der Waals surface area contributed by atoms with Crippen LogP contribution >= 0.6 is 23.4 Å². The van der Waals surface area contributed by atoms with Crippen molar-refractivity contribution in [1.29, 1.82) is 0 Å². The van der Waals surface area contributed by atoms with E-state index in [1.54, 1.807) is 0 Å². The summed E-state index contributed by atoms with van der Waals surface area (Å²) in [6.07, 6.45) is 0. The second kappa shape index (κ2) is 5.09. The summed E-state index contributed by atoms with van der Waals surface area (Å²) >= 11 is 5.43. The molecule has 104 valence electrons. The highest BCUT2D eigenvalue weighted by atomic mass is 35.5. The van der Waals surface area contributed by atoms with Gasteiger partial charge < -0.3 is 10.3 Å². The van der Waals surface area contributed by atoms with Crippen molar-refractivity contribution in [2.45, 2.75) is 12.1 Å². The fourth-order valence-corrected chi connectivity index (χ4v) is 2.29. The minimum Gasteiger partial charge on any atom is -0.369 e. The minimum absolute atomic E-state index is 0.0203. The summed E-state index contributed by atoms with van der Waals surface area (Å²) in [4.78, 5) is 3.93. The van der Waals surface area contributed by atoms with E-state index in [2.05, 4.69) is 4.98 Å². The molecule has 1 heterocycles. The van der Waals surface area contributed by atoms with Gasteiger partial charge in [0.1, 0.15) is 5.82 Å². The number of aromatic nitrogens is 2. The molecule has 0 radical (unpaired) electrons. The second-order valence-electron chi connectivity index (χ2n) is 3.67. The first kappa shape index (κ1) is 14.3. The second-order valence-corrected chi connectivity index (χ2v) is 5.24. The summed E-state index contributed by atoms with van der Waals surface area (Å²) in [5.74, 6) is -0.873. The molecule has 0 amide bonds. The molecule has 0 aliphatic rings. The van der Waals surface area contributed by atoms with Crippen LogP contribution in [0.15, 0.2) is 12.1 Å². The monoisotopic (exact) mass is 313 g/mol. The number of benzene rings is 1. The van der Waals surface area contributed by atoms with Gasteiger partial charge in [0.05, 0.1) is 16.1 Å². The molecule has 3 nitrogen and oxygen atoms in total. The van der Waals surface area contributed by atoms with Crippen molar-refractivity contribution >= 4 is 40.3 Å². The Bertz CT molecular complexity index is 611. The first-order chi connectivity index (χ1) is 8.78. The molecule has 0 saturated carbocycles. The molecule has 19 heavy (non-hydrogen) atoms. The van der Waals surface area contributed by atoms with Crippen molar-refractivity contribution in [3.63, 3.8) is 0 Å². The summed E-state index contributed by atoms with van der Waals surface area (Å²) < 4.78 is 50.8. The van der Waals surface area contributed by atoms with E-state index in [4.69, 9.17) is 17.3 Å². The third kappa shape index (κ3) is 3.24. The lowest BCUT2D eigenvalue weighted by atomic mass is 10.3. The molecule has 2 aromatic rings. The van der Waals surface area contributed by atoms with Crippen LogP contribution in [0.25, 0.3) is 11.0 Å². The van der Waals surface area contributed by atoms with Gasteiger partial charge in [-0.1, -0.05) is 11.6 Å². The first-order valence-electron chi connectivity index (χ1n) is 5.09. The lowest BCUT2D eigenvalue weighted by Crippen LogP contribution is -2.09. The van der Waals surface area contributed by atoms with Gasteiger partial charge >= 0.3 is 5.51 Å². The maximum atomic E-state index is 13.4. The van der Waals surface area contributed by atoms with Gasteiger partial charge in [0.2, 0.25) is 5.95 Å². The number of nitrogen functional groups attached to an aromatic ring is 1. The lowest BCUT2D eigenvalue weighted by Gasteiger charge is -2.08. The average Bonchev–Trinajstić information content (AvgIpc) is 2.55. The van der Waals surface area contributed by atoms with Crippen LogP contribution in [0.4, 0.5) is 23.5 Å². The van der Waals surface area contributed by atoms with Crippen LogP contribution in [-0.4, -0.2) is 20.8 Å². The van der Waals surface area contributed by atoms with Crippen molar-refractivity contribution in [3.8, 4) is 0 Å². The third-order valence-corrected chi connectivity index (χ3v) is 3.40. The van der Waals surface area contributed by atoms with E-state index < -0.39 is 11.3 Å². The molecule has 0 fully saturated rings. The number of hydrogen-bond donors (Lipinski definition) is 1. The number of fused-ring (bicyclic) bond motifs is 1. The first-order valence-corrected chi connectivity index (χ1v) is 6.46. The summed E-state index contributed by atoms with van der Waals surface area (Å²) in [7, 11) is 0. The number of hydrogen-bond acceptors (Lipinski definition) is 3. The molecule has 0 spiro atoms. The number of aryl methyl sites for hydroxylation is 1. The Kier molecular flexibility index (Phi) is 3.82. The molecule has 0 aliphatic heterocycles. The van der Waals surface area contributed by atoms with Crippen molar-refractivity contribution in [3.05, 3.63) is 23.0 Å². The van der Waals surface area contributed by atoms with Gasteiger partial charge in [0, 0.05) is 18.4 Å². The summed E-state index contributed by atoms with van der Waals surface area (Å²) in [5.41, 5.74) is 1.96. The highest BCUT2D eigenvalue weighted by molar-refractivity contribution is 8.00. The lowest BCUT2D eigenvalue weighted by molar-refractivity contribution is -0.0328. The number of thioether (sulfide) groups is 1.